The van der Waals surface area contributed by atoms with E-state index in [2.05, 4.69) is 58.1 Å². The van der Waals surface area contributed by atoms with Crippen molar-refractivity contribution in [2.75, 3.05) is 17.4 Å². The number of benzene rings is 2. The topological polar surface area (TPSA) is 47.3 Å². The zero-order valence-corrected chi connectivity index (χ0v) is 18.0. The molecule has 1 atom stereocenters. The zero-order valence-electron chi connectivity index (χ0n) is 15.6. The van der Waals surface area contributed by atoms with Crippen LogP contribution in [0.2, 0.25) is 0 Å². The second-order valence-corrected chi connectivity index (χ2v) is 8.78. The van der Waals surface area contributed by atoms with Crippen molar-refractivity contribution in [2.45, 2.75) is 25.7 Å². The number of hydrogen-bond acceptors (Lipinski definition) is 4. The number of carbonyl (C=O) groups is 1. The zero-order chi connectivity index (χ0) is 19.7. The third-order valence-electron chi connectivity index (χ3n) is 5.28. The highest BCUT2D eigenvalue weighted by molar-refractivity contribution is 9.10. The molecule has 2 aliphatic heterocycles. The molecule has 0 N–H and O–H groups in total. The smallest absolute Gasteiger partial charge is 0.229 e. The van der Waals surface area contributed by atoms with Crippen LogP contribution in [0.5, 0.6) is 0 Å². The number of anilines is 1. The number of amides is 1. The van der Waals surface area contributed by atoms with Gasteiger partial charge in [-0.15, -0.1) is 0 Å². The molecule has 0 aromatic heterocycles. The van der Waals surface area contributed by atoms with Gasteiger partial charge >= 0.3 is 0 Å². The summed E-state index contributed by atoms with van der Waals surface area (Å²) in [6.07, 6.45) is 1.34. The molecule has 1 amide bonds. The van der Waals surface area contributed by atoms with Crippen molar-refractivity contribution in [1.29, 1.82) is 5.26 Å². The minimum atomic E-state index is -0.167. The Balaban J connectivity index is 1.62. The van der Waals surface area contributed by atoms with Gasteiger partial charge < -0.3 is 4.90 Å². The predicted molar refractivity (Wildman–Crippen MR) is 117 cm³/mol. The summed E-state index contributed by atoms with van der Waals surface area (Å²) in [5.74, 6) is 0.632. The Morgan fingerprint density at radius 2 is 1.89 bits per heavy atom. The number of aryl methyl sites for hydroxylation is 1. The maximum atomic E-state index is 13.0. The Morgan fingerprint density at radius 1 is 1.18 bits per heavy atom. The van der Waals surface area contributed by atoms with E-state index in [4.69, 9.17) is 0 Å². The highest BCUT2D eigenvalue weighted by atomic mass is 79.9. The molecule has 4 rings (SSSR count). The number of hydrogen-bond donors (Lipinski definition) is 0. The molecule has 0 aliphatic carbocycles. The summed E-state index contributed by atoms with van der Waals surface area (Å²) >= 11 is 5.02. The maximum Gasteiger partial charge on any atom is 0.229 e. The van der Waals surface area contributed by atoms with Gasteiger partial charge in [-0.3, -0.25) is 9.69 Å². The molecule has 28 heavy (non-hydrogen) atoms. The molecule has 0 spiro atoms. The second kappa shape index (κ2) is 8.02. The van der Waals surface area contributed by atoms with Gasteiger partial charge in [-0.2, -0.15) is 5.26 Å². The summed E-state index contributed by atoms with van der Waals surface area (Å²) in [5.41, 5.74) is 4.11. The van der Waals surface area contributed by atoms with Crippen molar-refractivity contribution < 1.29 is 4.79 Å². The third-order valence-corrected chi connectivity index (χ3v) is 6.96. The summed E-state index contributed by atoms with van der Waals surface area (Å²) in [7, 11) is 0. The number of nitriles is 1. The second-order valence-electron chi connectivity index (χ2n) is 6.94. The van der Waals surface area contributed by atoms with Crippen molar-refractivity contribution in [3.05, 3.63) is 74.7 Å². The number of nitrogens with zero attached hydrogens (tertiary/aromatic N) is 3. The van der Waals surface area contributed by atoms with E-state index in [1.807, 2.05) is 24.3 Å². The Hall–Kier alpha value is -2.23. The number of rotatable bonds is 3. The molecule has 0 radical (unpaired) electrons. The maximum absolute atomic E-state index is 13.0. The van der Waals surface area contributed by atoms with E-state index in [0.717, 1.165) is 33.1 Å². The van der Waals surface area contributed by atoms with Crippen LogP contribution in [-0.2, 0) is 11.2 Å². The highest BCUT2D eigenvalue weighted by Crippen LogP contribution is 2.43. The van der Waals surface area contributed by atoms with Crippen LogP contribution in [-0.4, -0.2) is 23.4 Å². The minimum Gasteiger partial charge on any atom is -0.344 e. The van der Waals surface area contributed by atoms with Crippen molar-refractivity contribution in [1.82, 2.24) is 4.90 Å². The average Bonchev–Trinajstić information content (AvgIpc) is 2.74. The monoisotopic (exact) mass is 453 g/mol. The van der Waals surface area contributed by atoms with Gasteiger partial charge in [0.2, 0.25) is 5.91 Å². The lowest BCUT2D eigenvalue weighted by molar-refractivity contribution is -0.129. The fourth-order valence-corrected chi connectivity index (χ4v) is 5.08. The van der Waals surface area contributed by atoms with Gasteiger partial charge in [-0.25, -0.2) is 0 Å². The van der Waals surface area contributed by atoms with Crippen LogP contribution in [0.1, 0.15) is 30.4 Å². The SMILES string of the molecule is CCc1ccc(N2CSC3=C(C#N)[C@@H](c4ccc(Br)cc4)CC(=O)N3C2)cc1. The van der Waals surface area contributed by atoms with Gasteiger partial charge in [0.15, 0.2) is 0 Å². The summed E-state index contributed by atoms with van der Waals surface area (Å²) in [6.45, 7) is 2.63. The molecule has 0 bridgehead atoms. The normalized spacial score (nSPS) is 19.5. The van der Waals surface area contributed by atoms with Crippen LogP contribution in [0.25, 0.3) is 0 Å². The number of halogens is 1. The quantitative estimate of drug-likeness (QED) is 0.637. The number of fused-ring (bicyclic) bond motifs is 1. The molecule has 1 fully saturated rings. The molecular formula is C22H20BrN3OS. The van der Waals surface area contributed by atoms with Crippen molar-refractivity contribution in [3.63, 3.8) is 0 Å². The first kappa shape index (κ1) is 19.1. The molecule has 0 unspecified atom stereocenters. The Labute approximate surface area is 178 Å². The number of allylic oxidation sites excluding steroid dienone is 1. The van der Waals surface area contributed by atoms with Crippen LogP contribution in [0.4, 0.5) is 5.69 Å². The average molecular weight is 454 g/mol. The molecule has 0 saturated carbocycles. The predicted octanol–water partition coefficient (Wildman–Crippen LogP) is 5.23. The fourth-order valence-electron chi connectivity index (χ4n) is 3.65. The number of thioether (sulfide) groups is 1. The summed E-state index contributed by atoms with van der Waals surface area (Å²) < 4.78 is 0.989. The molecule has 2 aromatic rings. The van der Waals surface area contributed by atoms with Crippen LogP contribution in [0, 0.1) is 11.3 Å². The molecule has 142 valence electrons. The first-order chi connectivity index (χ1) is 13.6. The molecule has 1 saturated heterocycles. The van der Waals surface area contributed by atoms with Gasteiger partial charge in [0.1, 0.15) is 0 Å². The van der Waals surface area contributed by atoms with Crippen LogP contribution in [0.15, 0.2) is 63.6 Å². The van der Waals surface area contributed by atoms with E-state index in [0.29, 0.717) is 18.7 Å². The standard InChI is InChI=1S/C22H20BrN3OS/c1-2-15-3-9-18(10-4-15)25-13-26-21(27)11-19(16-5-7-17(23)8-6-16)20(12-24)22(26)28-14-25/h3-10,19H,2,11,13-14H2,1H3/t19-/m1/s1. The summed E-state index contributed by atoms with van der Waals surface area (Å²) in [6, 6.07) is 18.8. The van der Waals surface area contributed by atoms with Gasteiger partial charge in [-0.05, 0) is 41.8 Å². The first-order valence-corrected chi connectivity index (χ1v) is 11.1. The van der Waals surface area contributed by atoms with Crippen LogP contribution < -0.4 is 4.90 Å². The molecular weight excluding hydrogens is 434 g/mol. The highest BCUT2D eigenvalue weighted by Gasteiger charge is 2.38. The molecule has 2 aromatic carbocycles. The molecule has 6 heteroatoms. The van der Waals surface area contributed by atoms with E-state index >= 15 is 0 Å². The largest absolute Gasteiger partial charge is 0.344 e. The van der Waals surface area contributed by atoms with Crippen LogP contribution in [0.3, 0.4) is 0 Å². The Bertz CT molecular complexity index is 963. The fraction of sp³-hybridized carbons (Fsp3) is 0.273. The third kappa shape index (κ3) is 3.57. The van der Waals surface area contributed by atoms with Crippen molar-refractivity contribution >= 4 is 39.3 Å². The van der Waals surface area contributed by atoms with Gasteiger partial charge in [0.05, 0.1) is 29.2 Å². The lowest BCUT2D eigenvalue weighted by atomic mass is 9.86. The van der Waals surface area contributed by atoms with Crippen LogP contribution >= 0.6 is 27.7 Å². The molecule has 4 nitrogen and oxygen atoms in total. The summed E-state index contributed by atoms with van der Waals surface area (Å²) in [4.78, 5) is 16.9. The van der Waals surface area contributed by atoms with Gasteiger partial charge in [0.25, 0.3) is 0 Å². The molecule has 2 heterocycles. The number of carbonyl (C=O) groups excluding carboxylic acids is 1. The van der Waals surface area contributed by atoms with Crippen molar-refractivity contribution in [3.8, 4) is 6.07 Å². The summed E-state index contributed by atoms with van der Waals surface area (Å²) in [5, 5.41) is 10.7. The van der Waals surface area contributed by atoms with E-state index in [9.17, 15) is 10.1 Å². The van der Waals surface area contributed by atoms with Gasteiger partial charge in [0, 0.05) is 22.5 Å². The molecule has 2 aliphatic rings. The van der Waals surface area contributed by atoms with E-state index < -0.39 is 0 Å². The van der Waals surface area contributed by atoms with E-state index in [1.54, 1.807) is 16.7 Å². The first-order valence-electron chi connectivity index (χ1n) is 9.27. The van der Waals surface area contributed by atoms with Gasteiger partial charge in [-0.1, -0.05) is 58.9 Å². The van der Waals surface area contributed by atoms with Crippen molar-refractivity contribution in [2.24, 2.45) is 0 Å². The van der Waals surface area contributed by atoms with E-state index in [1.165, 1.54) is 5.56 Å². The lowest BCUT2D eigenvalue weighted by Crippen LogP contribution is -2.47. The Kier molecular flexibility index (Phi) is 5.47. The Morgan fingerprint density at radius 3 is 2.54 bits per heavy atom. The minimum absolute atomic E-state index is 0.0734. The lowest BCUT2D eigenvalue weighted by Gasteiger charge is -2.42. The van der Waals surface area contributed by atoms with E-state index in [-0.39, 0.29) is 11.8 Å².